The van der Waals surface area contributed by atoms with Crippen molar-refractivity contribution in [2.45, 2.75) is 102 Å². The number of hydrogen-bond donors (Lipinski definition) is 0. The molecule has 0 N–H and O–H groups in total. The van der Waals surface area contributed by atoms with Gasteiger partial charge < -0.3 is 18.9 Å². The molecule has 1 saturated heterocycles. The summed E-state index contributed by atoms with van der Waals surface area (Å²) in [5.74, 6) is -1.10. The number of hydrogen-bond acceptors (Lipinski definition) is 9. The van der Waals surface area contributed by atoms with Crippen molar-refractivity contribution in [1.29, 1.82) is 0 Å². The number of benzene rings is 2. The molecule has 2 aliphatic rings. The Bertz CT molecular complexity index is 1500. The summed E-state index contributed by atoms with van der Waals surface area (Å²) >= 11 is 0. The highest BCUT2D eigenvalue weighted by molar-refractivity contribution is 5.68. The van der Waals surface area contributed by atoms with Crippen LogP contribution in [0.25, 0.3) is 31.3 Å². The Labute approximate surface area is 271 Å². The van der Waals surface area contributed by atoms with E-state index in [1.165, 1.54) is 6.92 Å². The van der Waals surface area contributed by atoms with Crippen molar-refractivity contribution < 1.29 is 28.5 Å². The van der Waals surface area contributed by atoms with Gasteiger partial charge in [-0.2, -0.15) is 0 Å². The first kappa shape index (κ1) is 34.9. The fourth-order valence-electron chi connectivity index (χ4n) is 6.04. The van der Waals surface area contributed by atoms with Gasteiger partial charge in [0.25, 0.3) is 0 Å². The number of rotatable bonds is 12. The molecule has 0 radical (unpaired) electrons. The first-order valence-corrected chi connectivity index (χ1v) is 15.4. The zero-order valence-corrected chi connectivity index (χ0v) is 26.4. The summed E-state index contributed by atoms with van der Waals surface area (Å²) in [4.78, 5) is 36.1. The lowest BCUT2D eigenvalue weighted by atomic mass is 9.79. The summed E-state index contributed by atoms with van der Waals surface area (Å²) < 4.78 is 24.2. The van der Waals surface area contributed by atoms with Crippen LogP contribution in [0.3, 0.4) is 0 Å². The summed E-state index contributed by atoms with van der Waals surface area (Å²) in [7, 11) is 0. The standard InChI is InChI=1S/C31H38N10O6/c1-19-25(36-39-33)16-26(37-40-34)29(28(19)45-21(3)42)47-30-24(35-38-32)14-15-27(46-30)20(2)41(17-22-10-6-4-7-11-22)31(43)44-18-23-12-8-5-9-13-23/h4-13,19-20,24-30H,14-18H2,1-3H3/t19-,20+,24-,25+,26-,27-,28+,29+,30+/m0/s1. The van der Waals surface area contributed by atoms with Crippen molar-refractivity contribution in [2.75, 3.05) is 0 Å². The van der Waals surface area contributed by atoms with Gasteiger partial charge in [-0.1, -0.05) is 82.9 Å². The highest BCUT2D eigenvalue weighted by atomic mass is 16.7. The summed E-state index contributed by atoms with van der Waals surface area (Å²) in [6, 6.07) is 16.0. The van der Waals surface area contributed by atoms with E-state index in [1.807, 2.05) is 67.6 Å². The van der Waals surface area contributed by atoms with E-state index in [9.17, 15) is 20.7 Å². The van der Waals surface area contributed by atoms with E-state index in [0.717, 1.165) is 11.1 Å². The molecule has 47 heavy (non-hydrogen) atoms. The number of carbonyl (C=O) groups excluding carboxylic acids is 2. The van der Waals surface area contributed by atoms with Crippen molar-refractivity contribution in [3.8, 4) is 0 Å². The molecular weight excluding hydrogens is 608 g/mol. The van der Waals surface area contributed by atoms with Gasteiger partial charge in [0, 0.05) is 40.2 Å². The minimum Gasteiger partial charge on any atom is -0.459 e. The maximum absolute atomic E-state index is 13.6. The van der Waals surface area contributed by atoms with Crippen molar-refractivity contribution >= 4 is 12.1 Å². The second-order valence-corrected chi connectivity index (χ2v) is 11.6. The van der Waals surface area contributed by atoms with Crippen LogP contribution in [0.5, 0.6) is 0 Å². The molecule has 1 heterocycles. The number of carbonyl (C=O) groups is 2. The second-order valence-electron chi connectivity index (χ2n) is 11.6. The van der Waals surface area contributed by atoms with Crippen LogP contribution in [-0.2, 0) is 36.9 Å². The van der Waals surface area contributed by atoms with E-state index in [1.54, 1.807) is 11.8 Å². The van der Waals surface area contributed by atoms with Gasteiger partial charge in [-0.05, 0) is 53.9 Å². The molecule has 16 heteroatoms. The van der Waals surface area contributed by atoms with Gasteiger partial charge in [0.2, 0.25) is 0 Å². The van der Waals surface area contributed by atoms with Gasteiger partial charge in [0.15, 0.2) is 6.29 Å². The van der Waals surface area contributed by atoms with E-state index >= 15 is 0 Å². The second kappa shape index (κ2) is 17.1. The number of ether oxygens (including phenoxy) is 4. The average molecular weight is 647 g/mol. The zero-order valence-electron chi connectivity index (χ0n) is 26.4. The van der Waals surface area contributed by atoms with Crippen LogP contribution in [-0.4, -0.2) is 65.7 Å². The van der Waals surface area contributed by atoms with Crippen LogP contribution in [0.4, 0.5) is 4.79 Å². The Morgan fingerprint density at radius 2 is 1.49 bits per heavy atom. The van der Waals surface area contributed by atoms with Crippen LogP contribution in [0.15, 0.2) is 76.0 Å². The third-order valence-electron chi connectivity index (χ3n) is 8.54. The normalized spacial score (nSPS) is 27.5. The van der Waals surface area contributed by atoms with Crippen molar-refractivity contribution in [2.24, 2.45) is 21.3 Å². The number of esters is 1. The van der Waals surface area contributed by atoms with E-state index < -0.39 is 66.7 Å². The van der Waals surface area contributed by atoms with Crippen molar-refractivity contribution in [1.82, 2.24) is 4.90 Å². The summed E-state index contributed by atoms with van der Waals surface area (Å²) in [5.41, 5.74) is 29.5. The number of nitrogens with zero attached hydrogens (tertiary/aromatic N) is 10. The topological polar surface area (TPSA) is 221 Å². The Morgan fingerprint density at radius 1 is 0.894 bits per heavy atom. The zero-order chi connectivity index (χ0) is 33.8. The van der Waals surface area contributed by atoms with Crippen LogP contribution in [0, 0.1) is 5.92 Å². The van der Waals surface area contributed by atoms with Gasteiger partial charge in [-0.3, -0.25) is 9.69 Å². The Morgan fingerprint density at radius 3 is 2.11 bits per heavy atom. The molecule has 0 aromatic heterocycles. The molecule has 9 atom stereocenters. The van der Waals surface area contributed by atoms with Crippen molar-refractivity contribution in [3.63, 3.8) is 0 Å². The van der Waals surface area contributed by atoms with Gasteiger partial charge >= 0.3 is 12.1 Å². The van der Waals surface area contributed by atoms with Gasteiger partial charge in [-0.15, -0.1) is 0 Å². The highest BCUT2D eigenvalue weighted by Crippen LogP contribution is 2.37. The molecule has 0 unspecified atom stereocenters. The number of amides is 1. The van der Waals surface area contributed by atoms with Gasteiger partial charge in [-0.25, -0.2) is 4.79 Å². The summed E-state index contributed by atoms with van der Waals surface area (Å²) in [5, 5.41) is 11.6. The van der Waals surface area contributed by atoms with Crippen LogP contribution < -0.4 is 0 Å². The van der Waals surface area contributed by atoms with E-state index in [-0.39, 0.29) is 19.6 Å². The monoisotopic (exact) mass is 646 g/mol. The minimum absolute atomic E-state index is 0.0863. The lowest BCUT2D eigenvalue weighted by Crippen LogP contribution is -2.57. The van der Waals surface area contributed by atoms with Crippen molar-refractivity contribution in [3.05, 3.63) is 103 Å². The predicted octanol–water partition coefficient (Wildman–Crippen LogP) is 7.11. The SMILES string of the molecule is CC(=O)O[C@@H]1[C@@H](C)[C@H](N=[N+]=[N-])C[C@H](N=[N+]=[N-])[C@H]1O[C@H]1O[C@H]([C@@H](C)N(Cc2ccccc2)C(=O)OCc2ccccc2)CC[C@@H]1N=[N+]=[N-]. The molecule has 4 rings (SSSR count). The Hall–Kier alpha value is -4.97. The molecule has 1 aliphatic carbocycles. The van der Waals surface area contributed by atoms with Gasteiger partial charge in [0.1, 0.15) is 18.8 Å². The maximum atomic E-state index is 13.6. The molecular formula is C31H38N10O6. The molecule has 1 aliphatic heterocycles. The molecule has 1 amide bonds. The molecule has 0 bridgehead atoms. The summed E-state index contributed by atoms with van der Waals surface area (Å²) in [6.45, 7) is 5.16. The molecule has 2 aromatic rings. The molecule has 248 valence electrons. The number of azide groups is 3. The van der Waals surface area contributed by atoms with Gasteiger partial charge in [0.05, 0.1) is 24.2 Å². The van der Waals surface area contributed by atoms with Crippen LogP contribution >= 0.6 is 0 Å². The van der Waals surface area contributed by atoms with Crippen LogP contribution in [0.2, 0.25) is 0 Å². The molecule has 1 saturated carbocycles. The molecule has 2 fully saturated rings. The Kier molecular flexibility index (Phi) is 12.7. The average Bonchev–Trinajstić information content (AvgIpc) is 3.07. The molecule has 0 spiro atoms. The third-order valence-corrected chi connectivity index (χ3v) is 8.54. The summed E-state index contributed by atoms with van der Waals surface area (Å²) in [6.07, 6.45) is -3.33. The first-order valence-electron chi connectivity index (χ1n) is 15.4. The smallest absolute Gasteiger partial charge is 0.410 e. The Balaban J connectivity index is 1.60. The fraction of sp³-hybridized carbons (Fsp3) is 0.548. The fourth-order valence-corrected chi connectivity index (χ4v) is 6.04. The van der Waals surface area contributed by atoms with E-state index in [0.29, 0.717) is 12.8 Å². The third kappa shape index (κ3) is 9.29. The lowest BCUT2D eigenvalue weighted by molar-refractivity contribution is -0.257. The lowest BCUT2D eigenvalue weighted by Gasteiger charge is -2.46. The molecule has 2 aromatic carbocycles. The van der Waals surface area contributed by atoms with Crippen LogP contribution in [0.1, 0.15) is 51.2 Å². The highest BCUT2D eigenvalue weighted by Gasteiger charge is 2.48. The maximum Gasteiger partial charge on any atom is 0.410 e. The van der Waals surface area contributed by atoms with E-state index in [2.05, 4.69) is 30.1 Å². The molecule has 16 nitrogen and oxygen atoms in total. The predicted molar refractivity (Wildman–Crippen MR) is 169 cm³/mol. The first-order chi connectivity index (χ1) is 22.7. The van der Waals surface area contributed by atoms with E-state index in [4.69, 9.17) is 24.5 Å². The largest absolute Gasteiger partial charge is 0.459 e. The minimum atomic E-state index is -1.14. The quantitative estimate of drug-likeness (QED) is 0.101.